The summed E-state index contributed by atoms with van der Waals surface area (Å²) < 4.78 is 4.50. The molecule has 7 heteroatoms. The minimum absolute atomic E-state index is 0.685. The van der Waals surface area contributed by atoms with Gasteiger partial charge in [-0.05, 0) is 36.5 Å². The Balaban J connectivity index is 1.79. The summed E-state index contributed by atoms with van der Waals surface area (Å²) in [4.78, 5) is 5.32. The first-order chi connectivity index (χ1) is 11.5. The summed E-state index contributed by atoms with van der Waals surface area (Å²) in [6.07, 6.45) is 3.52. The van der Waals surface area contributed by atoms with Crippen molar-refractivity contribution in [3.8, 4) is 11.4 Å². The van der Waals surface area contributed by atoms with Gasteiger partial charge in [0.05, 0.1) is 7.05 Å². The van der Waals surface area contributed by atoms with E-state index in [4.69, 9.17) is 23.8 Å². The zero-order valence-electron chi connectivity index (χ0n) is 13.6. The molecule has 0 aliphatic heterocycles. The molecule has 0 bridgehead atoms. The number of aromatic nitrogens is 4. The molecule has 0 amide bonds. The summed E-state index contributed by atoms with van der Waals surface area (Å²) in [5.74, 6) is 0.845. The molecule has 1 N–H and O–H groups in total. The maximum Gasteiger partial charge on any atom is 0.202 e. The highest BCUT2D eigenvalue weighted by molar-refractivity contribution is 7.71. The molecule has 1 unspecified atom stereocenters. The van der Waals surface area contributed by atoms with Crippen molar-refractivity contribution in [1.82, 2.24) is 19.3 Å². The lowest BCUT2D eigenvalue weighted by molar-refractivity contribution is -0.917. The van der Waals surface area contributed by atoms with Crippen LogP contribution in [0.4, 0.5) is 0 Å². The summed E-state index contributed by atoms with van der Waals surface area (Å²) in [7, 11) is 4.05. The van der Waals surface area contributed by atoms with E-state index in [1.54, 1.807) is 12.4 Å². The summed E-state index contributed by atoms with van der Waals surface area (Å²) >= 11 is 11.6. The van der Waals surface area contributed by atoms with E-state index in [9.17, 15) is 0 Å². The minimum atomic E-state index is 0.685. The topological polar surface area (TPSA) is 40.1 Å². The van der Waals surface area contributed by atoms with Crippen LogP contribution < -0.4 is 4.90 Å². The highest BCUT2D eigenvalue weighted by Gasteiger charge is 2.13. The molecule has 0 radical (unpaired) electrons. The van der Waals surface area contributed by atoms with E-state index in [0.717, 1.165) is 23.0 Å². The Bertz CT molecular complexity index is 887. The van der Waals surface area contributed by atoms with Crippen LogP contribution in [0, 0.1) is 4.77 Å². The summed E-state index contributed by atoms with van der Waals surface area (Å²) in [6, 6.07) is 11.8. The van der Waals surface area contributed by atoms with Crippen LogP contribution in [0.25, 0.3) is 11.4 Å². The Morgan fingerprint density at radius 2 is 1.96 bits per heavy atom. The fourth-order valence-corrected chi connectivity index (χ4v) is 3.05. The number of benzene rings is 1. The van der Waals surface area contributed by atoms with Gasteiger partial charge >= 0.3 is 0 Å². The van der Waals surface area contributed by atoms with Gasteiger partial charge in [0.25, 0.3) is 0 Å². The van der Waals surface area contributed by atoms with Crippen LogP contribution in [-0.4, -0.2) is 26.4 Å². The van der Waals surface area contributed by atoms with Crippen molar-refractivity contribution in [3.63, 3.8) is 0 Å². The van der Waals surface area contributed by atoms with Crippen molar-refractivity contribution >= 4 is 23.8 Å². The molecule has 0 spiro atoms. The van der Waals surface area contributed by atoms with Gasteiger partial charge in [0.1, 0.15) is 6.54 Å². The number of hydrogen-bond acceptors (Lipinski definition) is 3. The summed E-state index contributed by atoms with van der Waals surface area (Å²) in [5, 5.41) is 5.44. The molecule has 0 saturated heterocycles. The number of nitrogens with zero attached hydrogens (tertiary/aromatic N) is 4. The number of rotatable bonds is 5. The first-order valence-corrected chi connectivity index (χ1v) is 8.43. The number of nitrogens with one attached hydrogen (secondary N) is 1. The largest absolute Gasteiger partial charge is 0.315 e. The van der Waals surface area contributed by atoms with Crippen molar-refractivity contribution in [2.24, 2.45) is 7.05 Å². The van der Waals surface area contributed by atoms with Crippen molar-refractivity contribution in [2.75, 3.05) is 7.05 Å². The number of pyridine rings is 1. The second-order valence-electron chi connectivity index (χ2n) is 5.82. The molecule has 0 aliphatic carbocycles. The third-order valence-electron chi connectivity index (χ3n) is 3.79. The van der Waals surface area contributed by atoms with Gasteiger partial charge in [-0.2, -0.15) is 4.68 Å². The molecule has 0 aliphatic rings. The predicted molar refractivity (Wildman–Crippen MR) is 97.3 cm³/mol. The third kappa shape index (κ3) is 3.72. The Hall–Kier alpha value is -2.02. The smallest absolute Gasteiger partial charge is 0.202 e. The van der Waals surface area contributed by atoms with Gasteiger partial charge in [-0.1, -0.05) is 23.7 Å². The van der Waals surface area contributed by atoms with E-state index >= 15 is 0 Å². The van der Waals surface area contributed by atoms with E-state index < -0.39 is 0 Å². The Labute approximate surface area is 151 Å². The molecule has 0 fully saturated rings. The predicted octanol–water partition coefficient (Wildman–Crippen LogP) is 2.34. The molecule has 2 heterocycles. The quantitative estimate of drug-likeness (QED) is 0.710. The Kier molecular flexibility index (Phi) is 5.08. The molecule has 1 atom stereocenters. The lowest BCUT2D eigenvalue weighted by atomic mass is 10.2. The molecule has 3 aromatic rings. The molecule has 3 rings (SSSR count). The molecule has 2 aromatic heterocycles. The lowest BCUT2D eigenvalue weighted by Gasteiger charge is -2.13. The average molecular weight is 361 g/mol. The zero-order chi connectivity index (χ0) is 17.1. The fourth-order valence-electron chi connectivity index (χ4n) is 2.65. The van der Waals surface area contributed by atoms with Gasteiger partial charge in [-0.25, -0.2) is 0 Å². The monoisotopic (exact) mass is 360 g/mol. The molecule has 5 nitrogen and oxygen atoms in total. The zero-order valence-corrected chi connectivity index (χ0v) is 15.2. The lowest BCUT2D eigenvalue weighted by Crippen LogP contribution is -3.07. The minimum Gasteiger partial charge on any atom is -0.315 e. The van der Waals surface area contributed by atoms with Crippen molar-refractivity contribution in [3.05, 3.63) is 64.1 Å². The molecule has 124 valence electrons. The van der Waals surface area contributed by atoms with Crippen LogP contribution in [-0.2, 0) is 20.3 Å². The molecule has 24 heavy (non-hydrogen) atoms. The standard InChI is InChI=1S/C17H18ClN5S/c1-21(11-13-4-3-5-15(18)10-13)12-23-17(24)22(2)16(20-23)14-6-8-19-9-7-14/h3-10H,11-12H2,1-2H3/p+1. The second-order valence-corrected chi connectivity index (χ2v) is 6.62. The van der Waals surface area contributed by atoms with E-state index in [1.165, 1.54) is 10.5 Å². The van der Waals surface area contributed by atoms with Crippen LogP contribution in [0.15, 0.2) is 48.8 Å². The normalized spacial score (nSPS) is 12.3. The highest BCUT2D eigenvalue weighted by atomic mass is 35.5. The van der Waals surface area contributed by atoms with Gasteiger partial charge in [-0.3, -0.25) is 4.98 Å². The summed E-state index contributed by atoms with van der Waals surface area (Å²) in [6.45, 7) is 1.54. The van der Waals surface area contributed by atoms with Crippen LogP contribution in [0.1, 0.15) is 5.56 Å². The van der Waals surface area contributed by atoms with Crippen LogP contribution in [0.3, 0.4) is 0 Å². The summed E-state index contributed by atoms with van der Waals surface area (Å²) in [5.41, 5.74) is 2.20. The van der Waals surface area contributed by atoms with E-state index in [2.05, 4.69) is 23.2 Å². The number of hydrogen-bond donors (Lipinski definition) is 1. The maximum absolute atomic E-state index is 6.05. The Morgan fingerprint density at radius 3 is 2.67 bits per heavy atom. The molecule has 0 saturated carbocycles. The Morgan fingerprint density at radius 1 is 1.21 bits per heavy atom. The maximum atomic E-state index is 6.05. The van der Waals surface area contributed by atoms with E-state index in [0.29, 0.717) is 11.4 Å². The van der Waals surface area contributed by atoms with E-state index in [1.807, 2.05) is 46.6 Å². The highest BCUT2D eigenvalue weighted by Crippen LogP contribution is 2.15. The van der Waals surface area contributed by atoms with Crippen LogP contribution >= 0.6 is 23.8 Å². The van der Waals surface area contributed by atoms with Crippen molar-refractivity contribution in [2.45, 2.75) is 13.2 Å². The molecular formula is C17H19ClN5S+. The second kappa shape index (κ2) is 7.25. The van der Waals surface area contributed by atoms with Gasteiger partial charge in [0.15, 0.2) is 12.5 Å². The average Bonchev–Trinajstić information content (AvgIpc) is 2.84. The SMILES string of the molecule is Cn1c(-c2ccncc2)nn(C[NH+](C)Cc2cccc(Cl)c2)c1=S. The molecular weight excluding hydrogens is 342 g/mol. The van der Waals surface area contributed by atoms with E-state index in [-0.39, 0.29) is 0 Å². The third-order valence-corrected chi connectivity index (χ3v) is 4.51. The number of halogens is 1. The fraction of sp³-hybridized carbons (Fsp3) is 0.235. The van der Waals surface area contributed by atoms with Gasteiger partial charge in [0.2, 0.25) is 4.77 Å². The molecule has 1 aromatic carbocycles. The van der Waals surface area contributed by atoms with Crippen LogP contribution in [0.2, 0.25) is 5.02 Å². The first-order valence-electron chi connectivity index (χ1n) is 7.64. The first kappa shape index (κ1) is 16.8. The van der Waals surface area contributed by atoms with Gasteiger partial charge in [0, 0.05) is 35.6 Å². The van der Waals surface area contributed by atoms with Crippen LogP contribution in [0.5, 0.6) is 0 Å². The van der Waals surface area contributed by atoms with Gasteiger partial charge in [-0.15, -0.1) is 5.10 Å². The van der Waals surface area contributed by atoms with Gasteiger partial charge < -0.3 is 9.47 Å². The van der Waals surface area contributed by atoms with Crippen molar-refractivity contribution in [1.29, 1.82) is 0 Å². The number of quaternary nitrogens is 1. The van der Waals surface area contributed by atoms with Crippen molar-refractivity contribution < 1.29 is 4.90 Å².